The van der Waals surface area contributed by atoms with Gasteiger partial charge in [-0.1, -0.05) is 0 Å². The molecule has 96 valence electrons. The number of hydrogen-bond acceptors (Lipinski definition) is 5. The van der Waals surface area contributed by atoms with E-state index >= 15 is 0 Å². The number of hydrogen-bond donors (Lipinski definition) is 0. The predicted molar refractivity (Wildman–Crippen MR) is 70.3 cm³/mol. The Morgan fingerprint density at radius 3 is 2.33 bits per heavy atom. The van der Waals surface area contributed by atoms with Gasteiger partial charge in [0.15, 0.2) is 0 Å². The fraction of sp³-hybridized carbons (Fsp3) is 0.333. The van der Waals surface area contributed by atoms with Gasteiger partial charge in [-0.05, 0) is 49.1 Å². The third-order valence-electron chi connectivity index (χ3n) is 2.14. The SMILES string of the molecule is COc1ccc(-c2nc(O[Si](C)(C)C)no2)cc1. The molecule has 0 saturated carbocycles. The molecule has 0 bridgehead atoms. The van der Waals surface area contributed by atoms with E-state index < -0.39 is 8.32 Å². The Hall–Kier alpha value is -1.82. The molecule has 5 nitrogen and oxygen atoms in total. The molecule has 0 fully saturated rings. The molecule has 0 aliphatic carbocycles. The second kappa shape index (κ2) is 4.81. The van der Waals surface area contributed by atoms with Crippen LogP contribution in [-0.2, 0) is 0 Å². The fourth-order valence-electron chi connectivity index (χ4n) is 1.38. The molecule has 0 amide bonds. The number of methoxy groups -OCH3 is 1. The molecule has 1 aromatic heterocycles. The summed E-state index contributed by atoms with van der Waals surface area (Å²) in [5.41, 5.74) is 0.841. The highest BCUT2D eigenvalue weighted by molar-refractivity contribution is 6.70. The van der Waals surface area contributed by atoms with E-state index in [-0.39, 0.29) is 0 Å². The van der Waals surface area contributed by atoms with E-state index in [9.17, 15) is 0 Å². The molecule has 0 unspecified atom stereocenters. The maximum Gasteiger partial charge on any atom is 0.340 e. The lowest BCUT2D eigenvalue weighted by Crippen LogP contribution is -2.29. The zero-order chi connectivity index (χ0) is 13.2. The molecule has 2 rings (SSSR count). The quantitative estimate of drug-likeness (QED) is 0.795. The Morgan fingerprint density at radius 2 is 1.78 bits per heavy atom. The second-order valence-electron chi connectivity index (χ2n) is 4.83. The molecule has 6 heteroatoms. The van der Waals surface area contributed by atoms with Crippen LogP contribution in [0.1, 0.15) is 0 Å². The van der Waals surface area contributed by atoms with Crippen molar-refractivity contribution in [2.45, 2.75) is 19.6 Å². The largest absolute Gasteiger partial charge is 0.516 e. The maximum absolute atomic E-state index is 5.65. The minimum absolute atomic E-state index is 0.306. The third-order valence-corrected chi connectivity index (χ3v) is 2.94. The molecular formula is C12H16N2O3Si. The van der Waals surface area contributed by atoms with E-state index in [1.165, 1.54) is 0 Å². The summed E-state index contributed by atoms with van der Waals surface area (Å²) in [5, 5.41) is 3.82. The average Bonchev–Trinajstić information content (AvgIpc) is 2.75. The Labute approximate surface area is 107 Å². The van der Waals surface area contributed by atoms with Crippen LogP contribution in [0.2, 0.25) is 19.6 Å². The molecule has 1 heterocycles. The van der Waals surface area contributed by atoms with Crippen molar-refractivity contribution in [3.63, 3.8) is 0 Å². The highest BCUT2D eigenvalue weighted by atomic mass is 28.4. The van der Waals surface area contributed by atoms with Crippen molar-refractivity contribution in [1.82, 2.24) is 10.1 Å². The van der Waals surface area contributed by atoms with Gasteiger partial charge in [0, 0.05) is 5.56 Å². The maximum atomic E-state index is 5.65. The normalized spacial score (nSPS) is 11.3. The first-order valence-electron chi connectivity index (χ1n) is 5.65. The van der Waals surface area contributed by atoms with Crippen LogP contribution in [0, 0.1) is 0 Å². The molecule has 0 aliphatic heterocycles. The van der Waals surface area contributed by atoms with E-state index in [1.54, 1.807) is 7.11 Å². The average molecular weight is 264 g/mol. The van der Waals surface area contributed by atoms with Crippen molar-refractivity contribution in [3.8, 4) is 23.2 Å². The Balaban J connectivity index is 2.18. The van der Waals surface area contributed by atoms with Crippen LogP contribution < -0.4 is 9.16 Å². The summed E-state index contributed by atoms with van der Waals surface area (Å²) in [5.74, 6) is 1.24. The number of ether oxygens (including phenoxy) is 1. The summed E-state index contributed by atoms with van der Waals surface area (Å²) in [6.45, 7) is 6.20. The number of benzene rings is 1. The zero-order valence-corrected chi connectivity index (χ0v) is 11.9. The molecule has 0 spiro atoms. The standard InChI is InChI=1S/C12H16N2O3Si/c1-15-10-7-5-9(6-8-10)11-13-12(14-16-11)17-18(2,3)4/h5-8H,1-4H3. The van der Waals surface area contributed by atoms with Gasteiger partial charge in [0.1, 0.15) is 5.75 Å². The lowest BCUT2D eigenvalue weighted by atomic mass is 10.2. The second-order valence-corrected chi connectivity index (χ2v) is 9.25. The van der Waals surface area contributed by atoms with Crippen molar-refractivity contribution in [3.05, 3.63) is 24.3 Å². The van der Waals surface area contributed by atoms with Crippen molar-refractivity contribution in [2.75, 3.05) is 7.11 Å². The van der Waals surface area contributed by atoms with E-state index in [1.807, 2.05) is 24.3 Å². The summed E-state index contributed by atoms with van der Waals surface area (Å²) in [6.07, 6.45) is 0. The van der Waals surface area contributed by atoms with Crippen LogP contribution >= 0.6 is 0 Å². The number of nitrogens with zero attached hydrogens (tertiary/aromatic N) is 2. The Bertz CT molecular complexity index is 517. The molecule has 18 heavy (non-hydrogen) atoms. The highest BCUT2D eigenvalue weighted by Crippen LogP contribution is 2.23. The van der Waals surface area contributed by atoms with Gasteiger partial charge in [-0.15, -0.1) is 0 Å². The molecule has 0 aliphatic rings. The minimum Gasteiger partial charge on any atom is -0.516 e. The predicted octanol–water partition coefficient (Wildman–Crippen LogP) is 2.96. The Kier molecular flexibility index (Phi) is 3.38. The van der Waals surface area contributed by atoms with Crippen molar-refractivity contribution >= 4 is 8.32 Å². The topological polar surface area (TPSA) is 57.4 Å². The number of aromatic nitrogens is 2. The summed E-state index contributed by atoms with van der Waals surface area (Å²) in [6, 6.07) is 7.73. The fourth-order valence-corrected chi connectivity index (χ4v) is 2.01. The first-order chi connectivity index (χ1) is 8.48. The minimum atomic E-state index is -1.71. The van der Waals surface area contributed by atoms with Crippen molar-refractivity contribution < 1.29 is 13.7 Å². The van der Waals surface area contributed by atoms with Gasteiger partial charge >= 0.3 is 6.01 Å². The van der Waals surface area contributed by atoms with Crippen LogP contribution in [0.15, 0.2) is 28.8 Å². The summed E-state index contributed by atoms with van der Waals surface area (Å²) >= 11 is 0. The number of rotatable bonds is 4. The lowest BCUT2D eigenvalue weighted by molar-refractivity contribution is 0.393. The van der Waals surface area contributed by atoms with E-state index in [4.69, 9.17) is 13.7 Å². The molecule has 0 atom stereocenters. The van der Waals surface area contributed by atoms with Crippen LogP contribution in [-0.4, -0.2) is 25.6 Å². The monoisotopic (exact) mass is 264 g/mol. The summed E-state index contributed by atoms with van der Waals surface area (Å²) < 4.78 is 15.9. The molecule has 0 saturated heterocycles. The molecular weight excluding hydrogens is 248 g/mol. The lowest BCUT2D eigenvalue weighted by Gasteiger charge is -2.14. The molecule has 2 aromatic rings. The zero-order valence-electron chi connectivity index (χ0n) is 10.9. The van der Waals surface area contributed by atoms with Gasteiger partial charge in [-0.25, -0.2) is 0 Å². The third kappa shape index (κ3) is 3.10. The smallest absolute Gasteiger partial charge is 0.340 e. The van der Waals surface area contributed by atoms with E-state index in [0.29, 0.717) is 11.9 Å². The van der Waals surface area contributed by atoms with Gasteiger partial charge in [0.2, 0.25) is 8.32 Å². The van der Waals surface area contributed by atoms with Gasteiger partial charge < -0.3 is 13.7 Å². The molecule has 1 aromatic carbocycles. The first-order valence-corrected chi connectivity index (χ1v) is 9.06. The van der Waals surface area contributed by atoms with Gasteiger partial charge in [-0.2, -0.15) is 4.98 Å². The van der Waals surface area contributed by atoms with Crippen LogP contribution in [0.25, 0.3) is 11.5 Å². The summed E-state index contributed by atoms with van der Waals surface area (Å²) in [4.78, 5) is 4.22. The van der Waals surface area contributed by atoms with E-state index in [0.717, 1.165) is 11.3 Å². The van der Waals surface area contributed by atoms with Crippen LogP contribution in [0.3, 0.4) is 0 Å². The van der Waals surface area contributed by atoms with Crippen LogP contribution in [0.4, 0.5) is 0 Å². The van der Waals surface area contributed by atoms with Crippen molar-refractivity contribution in [2.24, 2.45) is 0 Å². The van der Waals surface area contributed by atoms with Gasteiger partial charge in [-0.3, -0.25) is 0 Å². The molecule has 0 radical (unpaired) electrons. The summed E-state index contributed by atoms with van der Waals surface area (Å²) in [7, 11) is -0.0788. The van der Waals surface area contributed by atoms with Crippen molar-refractivity contribution in [1.29, 1.82) is 0 Å². The van der Waals surface area contributed by atoms with Gasteiger partial charge in [0.25, 0.3) is 5.89 Å². The van der Waals surface area contributed by atoms with E-state index in [2.05, 4.69) is 29.8 Å². The van der Waals surface area contributed by atoms with Gasteiger partial charge in [0.05, 0.1) is 7.11 Å². The Morgan fingerprint density at radius 1 is 1.11 bits per heavy atom. The molecule has 0 N–H and O–H groups in total. The first kappa shape index (κ1) is 12.6. The van der Waals surface area contributed by atoms with Crippen LogP contribution in [0.5, 0.6) is 11.8 Å². The highest BCUT2D eigenvalue weighted by Gasteiger charge is 2.20.